The van der Waals surface area contributed by atoms with Gasteiger partial charge in [0, 0.05) is 6.42 Å². The minimum atomic E-state index is -3.46. The number of quaternary nitrogens is 1. The molecule has 2 aliphatic heterocycles. The molecule has 0 aromatic heterocycles. The van der Waals surface area contributed by atoms with Crippen molar-refractivity contribution >= 4 is 19.9 Å². The molecule has 0 saturated carbocycles. The summed E-state index contributed by atoms with van der Waals surface area (Å²) in [7, 11) is -6.35. The predicted molar refractivity (Wildman–Crippen MR) is 99.6 cm³/mol. The molecule has 0 amide bonds. The lowest BCUT2D eigenvalue weighted by Gasteiger charge is -2.34. The third-order valence-electron chi connectivity index (χ3n) is 6.13. The van der Waals surface area contributed by atoms with Crippen LogP contribution in [-0.2, 0) is 32.7 Å². The van der Waals surface area contributed by atoms with Crippen molar-refractivity contribution in [3.05, 3.63) is 29.3 Å². The van der Waals surface area contributed by atoms with E-state index in [1.165, 1.54) is 22.4 Å². The van der Waals surface area contributed by atoms with Crippen LogP contribution in [0.15, 0.2) is 23.1 Å². The summed E-state index contributed by atoms with van der Waals surface area (Å²) >= 11 is 0. The summed E-state index contributed by atoms with van der Waals surface area (Å²) < 4.78 is 51.0. The number of rotatable bonds is 3. The number of sulfone groups is 1. The molecule has 0 unspecified atom stereocenters. The maximum atomic E-state index is 13.0. The highest BCUT2D eigenvalue weighted by Gasteiger charge is 2.39. The lowest BCUT2D eigenvalue weighted by molar-refractivity contribution is -0.925. The normalized spacial score (nSPS) is 27.3. The first-order valence-corrected chi connectivity index (χ1v) is 12.8. The van der Waals surface area contributed by atoms with Gasteiger partial charge in [-0.2, -0.15) is 4.31 Å². The standard InChI is InChI=1S/C18H26N2O4S2/c21-25(22)12-7-17(14-25)19-8-10-20(11-9-19)26(23,24)18-6-5-15-3-1-2-4-16(15)13-18/h5-6,13,17H,1-4,7-12,14H2/p+1/t17-/m1/s1. The average molecular weight is 400 g/mol. The third kappa shape index (κ3) is 3.56. The molecular formula is C18H27N2O4S2+. The minimum Gasteiger partial charge on any atom is -0.329 e. The number of nitrogens with one attached hydrogen (secondary N) is 1. The first kappa shape index (κ1) is 18.4. The summed E-state index contributed by atoms with van der Waals surface area (Å²) in [5.74, 6) is 0.526. The van der Waals surface area contributed by atoms with E-state index in [-0.39, 0.29) is 17.5 Å². The average Bonchev–Trinajstić information content (AvgIpc) is 3.01. The zero-order valence-corrected chi connectivity index (χ0v) is 16.6. The lowest BCUT2D eigenvalue weighted by Crippen LogP contribution is -3.18. The van der Waals surface area contributed by atoms with Crippen molar-refractivity contribution < 1.29 is 21.7 Å². The van der Waals surface area contributed by atoms with Crippen molar-refractivity contribution in [3.8, 4) is 0 Å². The molecule has 2 fully saturated rings. The van der Waals surface area contributed by atoms with Crippen LogP contribution in [0.3, 0.4) is 0 Å². The Morgan fingerprint density at radius 1 is 1.04 bits per heavy atom. The second-order valence-corrected chi connectivity index (χ2v) is 12.0. The van der Waals surface area contributed by atoms with Crippen LogP contribution in [0.2, 0.25) is 0 Å². The molecule has 2 saturated heterocycles. The molecule has 144 valence electrons. The number of piperazine rings is 1. The Balaban J connectivity index is 1.45. The van der Waals surface area contributed by atoms with Crippen LogP contribution in [0.4, 0.5) is 0 Å². The minimum absolute atomic E-state index is 0.133. The molecule has 3 aliphatic rings. The van der Waals surface area contributed by atoms with Crippen LogP contribution in [0.5, 0.6) is 0 Å². The molecular weight excluding hydrogens is 372 g/mol. The van der Waals surface area contributed by atoms with Crippen LogP contribution in [-0.4, -0.2) is 64.9 Å². The summed E-state index contributed by atoms with van der Waals surface area (Å²) in [6.45, 7) is 2.30. The summed E-state index contributed by atoms with van der Waals surface area (Å²) in [5, 5.41) is 0. The molecule has 2 heterocycles. The van der Waals surface area contributed by atoms with Gasteiger partial charge in [0.1, 0.15) is 11.8 Å². The van der Waals surface area contributed by atoms with E-state index in [9.17, 15) is 16.8 Å². The first-order valence-electron chi connectivity index (χ1n) is 9.52. The summed E-state index contributed by atoms with van der Waals surface area (Å²) in [6.07, 6.45) is 5.02. The summed E-state index contributed by atoms with van der Waals surface area (Å²) in [5.41, 5.74) is 2.46. The van der Waals surface area contributed by atoms with E-state index in [0.717, 1.165) is 19.3 Å². The van der Waals surface area contributed by atoms with Crippen LogP contribution >= 0.6 is 0 Å². The van der Waals surface area contributed by atoms with Crippen molar-refractivity contribution in [3.63, 3.8) is 0 Å². The predicted octanol–water partition coefficient (Wildman–Crippen LogP) is -0.358. The SMILES string of the molecule is O=S1(=O)CC[C@@H]([NH+]2CCN(S(=O)(=O)c3ccc4c(c3)CCCC4)CC2)C1. The van der Waals surface area contributed by atoms with Crippen LogP contribution in [0, 0.1) is 0 Å². The zero-order chi connectivity index (χ0) is 18.4. The smallest absolute Gasteiger partial charge is 0.243 e. The van der Waals surface area contributed by atoms with Crippen molar-refractivity contribution in [2.24, 2.45) is 0 Å². The highest BCUT2D eigenvalue weighted by Crippen LogP contribution is 2.25. The number of benzene rings is 1. The van der Waals surface area contributed by atoms with Gasteiger partial charge in [0.15, 0.2) is 9.84 Å². The summed E-state index contributed by atoms with van der Waals surface area (Å²) in [6, 6.07) is 5.73. The lowest BCUT2D eigenvalue weighted by atomic mass is 9.92. The fourth-order valence-electron chi connectivity index (χ4n) is 4.56. The Bertz CT molecular complexity index is 888. The molecule has 1 aromatic rings. The number of hydrogen-bond acceptors (Lipinski definition) is 4. The summed E-state index contributed by atoms with van der Waals surface area (Å²) in [4.78, 5) is 1.65. The molecule has 6 nitrogen and oxygen atoms in total. The molecule has 4 rings (SSSR count). The van der Waals surface area contributed by atoms with Crippen molar-refractivity contribution in [2.45, 2.75) is 43.0 Å². The van der Waals surface area contributed by atoms with Gasteiger partial charge in [-0.3, -0.25) is 0 Å². The number of nitrogens with zero attached hydrogens (tertiary/aromatic N) is 1. The van der Waals surface area contributed by atoms with Gasteiger partial charge in [0.2, 0.25) is 10.0 Å². The van der Waals surface area contributed by atoms with E-state index < -0.39 is 19.9 Å². The molecule has 1 N–H and O–H groups in total. The Kier molecular flexibility index (Phi) is 4.88. The van der Waals surface area contributed by atoms with Gasteiger partial charge in [-0.15, -0.1) is 0 Å². The molecule has 1 aliphatic carbocycles. The Morgan fingerprint density at radius 3 is 2.38 bits per heavy atom. The molecule has 0 bridgehead atoms. The quantitative estimate of drug-likeness (QED) is 0.753. The fraction of sp³-hybridized carbons (Fsp3) is 0.667. The number of fused-ring (bicyclic) bond motifs is 1. The Labute approximate surface area is 156 Å². The molecule has 1 aromatic carbocycles. The van der Waals surface area contributed by atoms with Crippen molar-refractivity contribution in [2.75, 3.05) is 37.7 Å². The van der Waals surface area contributed by atoms with E-state index >= 15 is 0 Å². The first-order chi connectivity index (χ1) is 12.4. The van der Waals surface area contributed by atoms with Crippen LogP contribution < -0.4 is 4.90 Å². The van der Waals surface area contributed by atoms with Gasteiger partial charge < -0.3 is 4.90 Å². The number of aryl methyl sites for hydroxylation is 2. The van der Waals surface area contributed by atoms with Crippen molar-refractivity contribution in [1.29, 1.82) is 0 Å². The maximum Gasteiger partial charge on any atom is 0.243 e. The van der Waals surface area contributed by atoms with Crippen LogP contribution in [0.25, 0.3) is 0 Å². The fourth-order valence-corrected chi connectivity index (χ4v) is 7.88. The Morgan fingerprint density at radius 2 is 1.73 bits per heavy atom. The highest BCUT2D eigenvalue weighted by molar-refractivity contribution is 7.91. The van der Waals surface area contributed by atoms with Gasteiger partial charge in [-0.25, -0.2) is 16.8 Å². The van der Waals surface area contributed by atoms with Gasteiger partial charge in [-0.05, 0) is 48.9 Å². The largest absolute Gasteiger partial charge is 0.329 e. The molecule has 0 radical (unpaired) electrons. The molecule has 8 heteroatoms. The van der Waals surface area contributed by atoms with Crippen LogP contribution in [0.1, 0.15) is 30.4 Å². The molecule has 26 heavy (non-hydrogen) atoms. The van der Waals surface area contributed by atoms with Gasteiger partial charge in [-0.1, -0.05) is 6.07 Å². The monoisotopic (exact) mass is 399 g/mol. The van der Waals surface area contributed by atoms with E-state index in [0.29, 0.717) is 37.5 Å². The van der Waals surface area contributed by atoms with E-state index in [1.54, 1.807) is 10.4 Å². The van der Waals surface area contributed by atoms with Gasteiger partial charge in [0.05, 0.1) is 36.8 Å². The maximum absolute atomic E-state index is 13.0. The van der Waals surface area contributed by atoms with E-state index in [2.05, 4.69) is 0 Å². The van der Waals surface area contributed by atoms with Gasteiger partial charge >= 0.3 is 0 Å². The highest BCUT2D eigenvalue weighted by atomic mass is 32.2. The van der Waals surface area contributed by atoms with Gasteiger partial charge in [0.25, 0.3) is 0 Å². The Hall–Kier alpha value is -0.960. The number of sulfonamides is 1. The van der Waals surface area contributed by atoms with Crippen molar-refractivity contribution in [1.82, 2.24) is 4.31 Å². The molecule has 1 atom stereocenters. The second kappa shape index (κ2) is 6.89. The topological polar surface area (TPSA) is 76.0 Å². The zero-order valence-electron chi connectivity index (χ0n) is 15.0. The van der Waals surface area contributed by atoms with E-state index in [1.807, 2.05) is 12.1 Å². The second-order valence-electron chi connectivity index (χ2n) is 7.80. The van der Waals surface area contributed by atoms with E-state index in [4.69, 9.17) is 0 Å². The molecule has 0 spiro atoms. The third-order valence-corrected chi connectivity index (χ3v) is 9.79. The number of hydrogen-bond donors (Lipinski definition) is 1.